The van der Waals surface area contributed by atoms with Gasteiger partial charge in [-0.2, -0.15) is 0 Å². The minimum atomic E-state index is 0.741. The molecule has 0 aliphatic heterocycles. The van der Waals surface area contributed by atoms with Crippen molar-refractivity contribution in [3.05, 3.63) is 144 Å². The van der Waals surface area contributed by atoms with Crippen molar-refractivity contribution in [2.45, 2.75) is 0 Å². The number of hydrogen-bond acceptors (Lipinski definition) is 3. The van der Waals surface area contributed by atoms with Gasteiger partial charge in [-0.05, 0) is 77.9 Å². The van der Waals surface area contributed by atoms with Crippen LogP contribution in [0, 0.1) is 4.64 Å². The highest BCUT2D eigenvalue weighted by atomic mass is 32.1. The Morgan fingerprint density at radius 1 is 0.422 bits per heavy atom. The van der Waals surface area contributed by atoms with Crippen LogP contribution < -0.4 is 0 Å². The number of hydrogen-bond donors (Lipinski definition) is 0. The van der Waals surface area contributed by atoms with Crippen molar-refractivity contribution in [2.75, 3.05) is 0 Å². The molecule has 210 valence electrons. The highest BCUT2D eigenvalue weighted by Crippen LogP contribution is 2.36. The average molecular weight is 594 g/mol. The average Bonchev–Trinajstić information content (AvgIpc) is 3.65. The third kappa shape index (κ3) is 3.40. The molecule has 0 aliphatic rings. The van der Waals surface area contributed by atoms with E-state index in [1.165, 1.54) is 21.8 Å². The van der Waals surface area contributed by atoms with Gasteiger partial charge in [0.1, 0.15) is 4.64 Å². The van der Waals surface area contributed by atoms with E-state index >= 15 is 0 Å². The summed E-state index contributed by atoms with van der Waals surface area (Å²) in [6.45, 7) is 0. The molecule has 6 aromatic carbocycles. The number of benzene rings is 6. The van der Waals surface area contributed by atoms with Gasteiger partial charge < -0.3 is 4.57 Å². The van der Waals surface area contributed by atoms with Gasteiger partial charge in [-0.3, -0.25) is 8.80 Å². The summed E-state index contributed by atoms with van der Waals surface area (Å²) in [5.41, 5.74) is 12.2. The largest absolute Gasteiger partial charge is 0.309 e. The number of nitrogens with zero attached hydrogens (tertiary/aromatic N) is 5. The lowest BCUT2D eigenvalue weighted by molar-refractivity contribution is 1.13. The summed E-state index contributed by atoms with van der Waals surface area (Å²) < 4.78 is 7.40. The first-order valence-corrected chi connectivity index (χ1v) is 15.4. The van der Waals surface area contributed by atoms with Gasteiger partial charge in [0.25, 0.3) is 0 Å². The second-order valence-corrected chi connectivity index (χ2v) is 11.9. The Kier molecular flexibility index (Phi) is 4.96. The summed E-state index contributed by atoms with van der Waals surface area (Å²) >= 11 is 6.04. The first kappa shape index (κ1) is 24.6. The van der Waals surface area contributed by atoms with Gasteiger partial charge in [0.2, 0.25) is 0 Å². The summed E-state index contributed by atoms with van der Waals surface area (Å²) in [6.07, 6.45) is 0. The van der Waals surface area contributed by atoms with Crippen LogP contribution in [0.15, 0.2) is 140 Å². The summed E-state index contributed by atoms with van der Waals surface area (Å²) in [5, 5.41) is 3.43. The first-order chi connectivity index (χ1) is 22.2. The zero-order chi connectivity index (χ0) is 29.6. The number of para-hydroxylation sites is 5. The zero-order valence-electron chi connectivity index (χ0n) is 23.9. The van der Waals surface area contributed by atoms with Crippen molar-refractivity contribution in [1.29, 1.82) is 0 Å². The quantitative estimate of drug-likeness (QED) is 0.114. The number of imidazole rings is 1. The third-order valence-corrected chi connectivity index (χ3v) is 9.42. The van der Waals surface area contributed by atoms with E-state index in [2.05, 4.69) is 129 Å². The fraction of sp³-hybridized carbons (Fsp3) is 0. The maximum Gasteiger partial charge on any atom is 0.183 e. The van der Waals surface area contributed by atoms with Crippen LogP contribution in [-0.2, 0) is 0 Å². The molecule has 0 bridgehead atoms. The normalized spacial score (nSPS) is 12.1. The topological polar surface area (TPSA) is 39.5 Å². The van der Waals surface area contributed by atoms with Crippen molar-refractivity contribution in [3.63, 3.8) is 0 Å². The number of fused-ring (bicyclic) bond motifs is 12. The standard InChI is InChI=1S/C39H23N5S/c45-39-28-13-4-6-14-30(28)40-38-37-41-31-20-18-25(23-36(31)43(37)34-16-8-9-17-35(34)44(38)39)24-19-21-33-29(22-24)27-12-5-7-15-32(27)42(33)26-10-2-1-3-11-26/h1-23H. The Morgan fingerprint density at radius 3 is 1.87 bits per heavy atom. The maximum atomic E-state index is 6.04. The van der Waals surface area contributed by atoms with E-state index < -0.39 is 0 Å². The molecule has 0 amide bonds. The van der Waals surface area contributed by atoms with E-state index in [4.69, 9.17) is 22.2 Å². The van der Waals surface area contributed by atoms with Crippen LogP contribution >= 0.6 is 12.2 Å². The Balaban J connectivity index is 1.26. The van der Waals surface area contributed by atoms with Gasteiger partial charge in [-0.25, -0.2) is 9.97 Å². The van der Waals surface area contributed by atoms with Gasteiger partial charge in [0.05, 0.1) is 38.6 Å². The minimum Gasteiger partial charge on any atom is -0.309 e. The predicted octanol–water partition coefficient (Wildman–Crippen LogP) is 9.94. The molecule has 10 rings (SSSR count). The number of rotatable bonds is 2. The molecule has 45 heavy (non-hydrogen) atoms. The molecule has 0 saturated heterocycles. The van der Waals surface area contributed by atoms with Gasteiger partial charge in [0.15, 0.2) is 11.3 Å². The molecule has 6 heteroatoms. The second-order valence-electron chi connectivity index (χ2n) is 11.5. The lowest BCUT2D eigenvalue weighted by atomic mass is 10.0. The van der Waals surface area contributed by atoms with E-state index in [1.54, 1.807) is 0 Å². The summed E-state index contributed by atoms with van der Waals surface area (Å²) in [7, 11) is 0. The second kappa shape index (κ2) is 9.08. The molecule has 0 unspecified atom stereocenters. The van der Waals surface area contributed by atoms with Crippen LogP contribution in [0.3, 0.4) is 0 Å². The van der Waals surface area contributed by atoms with Crippen LogP contribution in [0.1, 0.15) is 0 Å². The molecular formula is C39H23N5S. The summed E-state index contributed by atoms with van der Waals surface area (Å²) in [5.74, 6) is 0. The highest BCUT2D eigenvalue weighted by molar-refractivity contribution is 7.71. The molecule has 0 saturated carbocycles. The van der Waals surface area contributed by atoms with E-state index in [0.29, 0.717) is 0 Å². The molecule has 0 radical (unpaired) electrons. The van der Waals surface area contributed by atoms with E-state index in [0.717, 1.165) is 65.7 Å². The molecule has 10 aromatic rings. The molecule has 4 heterocycles. The molecule has 4 aromatic heterocycles. The van der Waals surface area contributed by atoms with E-state index in [9.17, 15) is 0 Å². The molecule has 0 spiro atoms. The molecule has 5 nitrogen and oxygen atoms in total. The molecule has 0 N–H and O–H groups in total. The van der Waals surface area contributed by atoms with Crippen molar-refractivity contribution >= 4 is 78.3 Å². The smallest absolute Gasteiger partial charge is 0.183 e. The minimum absolute atomic E-state index is 0.741. The molecular weight excluding hydrogens is 571 g/mol. The Bertz CT molecular complexity index is 2900. The zero-order valence-corrected chi connectivity index (χ0v) is 24.7. The molecule has 0 aliphatic carbocycles. The van der Waals surface area contributed by atoms with Gasteiger partial charge in [-0.1, -0.05) is 85.0 Å². The highest BCUT2D eigenvalue weighted by Gasteiger charge is 2.18. The predicted molar refractivity (Wildman–Crippen MR) is 187 cm³/mol. The fourth-order valence-corrected chi connectivity index (χ4v) is 7.36. The van der Waals surface area contributed by atoms with Crippen LogP contribution in [0.5, 0.6) is 0 Å². The Labute approximate surface area is 261 Å². The first-order valence-electron chi connectivity index (χ1n) is 15.0. The van der Waals surface area contributed by atoms with Crippen molar-refractivity contribution in [1.82, 2.24) is 23.3 Å². The van der Waals surface area contributed by atoms with Gasteiger partial charge in [-0.15, -0.1) is 0 Å². The molecule has 0 atom stereocenters. The Hall–Kier alpha value is -5.85. The summed E-state index contributed by atoms with van der Waals surface area (Å²) in [6, 6.07) is 49.0. The Morgan fingerprint density at radius 2 is 1.02 bits per heavy atom. The third-order valence-electron chi connectivity index (χ3n) is 9.01. The van der Waals surface area contributed by atoms with E-state index in [1.807, 2.05) is 24.3 Å². The molecule has 0 fully saturated rings. The van der Waals surface area contributed by atoms with Crippen LogP contribution in [0.4, 0.5) is 0 Å². The van der Waals surface area contributed by atoms with Crippen molar-refractivity contribution in [2.24, 2.45) is 0 Å². The summed E-state index contributed by atoms with van der Waals surface area (Å²) in [4.78, 5) is 10.2. The monoisotopic (exact) mass is 593 g/mol. The van der Waals surface area contributed by atoms with Gasteiger partial charge in [0, 0.05) is 21.8 Å². The lowest BCUT2D eigenvalue weighted by Gasteiger charge is -2.12. The SMILES string of the molecule is S=c1c2ccccc2nc2c3nc4ccc(-c5ccc6c(c5)c5ccccc5n6-c5ccccc5)cc4n3c3ccccc3n12. The lowest BCUT2D eigenvalue weighted by Crippen LogP contribution is -2.03. The van der Waals surface area contributed by atoms with Crippen molar-refractivity contribution in [3.8, 4) is 16.8 Å². The van der Waals surface area contributed by atoms with E-state index in [-0.39, 0.29) is 0 Å². The fourth-order valence-electron chi connectivity index (χ4n) is 7.00. The maximum absolute atomic E-state index is 6.04. The van der Waals surface area contributed by atoms with Crippen LogP contribution in [0.2, 0.25) is 0 Å². The van der Waals surface area contributed by atoms with Crippen molar-refractivity contribution < 1.29 is 0 Å². The number of aromatic nitrogens is 5. The van der Waals surface area contributed by atoms with Crippen LogP contribution in [-0.4, -0.2) is 23.3 Å². The van der Waals surface area contributed by atoms with Gasteiger partial charge >= 0.3 is 0 Å². The van der Waals surface area contributed by atoms with Crippen LogP contribution in [0.25, 0.3) is 82.9 Å².